The highest BCUT2D eigenvalue weighted by molar-refractivity contribution is 7.89. The number of sulfonamides is 1. The Morgan fingerprint density at radius 1 is 1.33 bits per heavy atom. The molecule has 2 rings (SSSR count). The molecule has 2 aromatic rings. The normalized spacial score (nSPS) is 11.8. The number of aromatic nitrogens is 4. The van der Waals surface area contributed by atoms with Crippen LogP contribution in [0.1, 0.15) is 17.0 Å². The number of aromatic amines is 1. The Kier molecular flexibility index (Phi) is 4.60. The lowest BCUT2D eigenvalue weighted by Gasteiger charge is -2.10. The number of rotatable bonds is 6. The van der Waals surface area contributed by atoms with Crippen LogP contribution in [0.5, 0.6) is 0 Å². The van der Waals surface area contributed by atoms with Crippen molar-refractivity contribution in [2.45, 2.75) is 24.9 Å². The molecule has 8 nitrogen and oxygen atoms in total. The van der Waals surface area contributed by atoms with Crippen molar-refractivity contribution in [2.75, 3.05) is 7.05 Å². The van der Waals surface area contributed by atoms with Crippen molar-refractivity contribution in [3.63, 3.8) is 0 Å². The quantitative estimate of drug-likeness (QED) is 0.683. The molecule has 3 N–H and O–H groups in total. The lowest BCUT2D eigenvalue weighted by molar-refractivity contribution is 0.573. The third kappa shape index (κ3) is 3.60. The summed E-state index contributed by atoms with van der Waals surface area (Å²) < 4.78 is 40.6. The predicted octanol–water partition coefficient (Wildman–Crippen LogP) is -0.155. The number of halogens is 1. The van der Waals surface area contributed by atoms with Gasteiger partial charge in [-0.05, 0) is 31.7 Å². The first-order chi connectivity index (χ1) is 9.94. The molecular formula is C11H15FN6O2S. The van der Waals surface area contributed by atoms with E-state index >= 15 is 0 Å². The van der Waals surface area contributed by atoms with Gasteiger partial charge < -0.3 is 5.32 Å². The fraction of sp³-hybridized carbons (Fsp3) is 0.364. The van der Waals surface area contributed by atoms with E-state index in [2.05, 4.69) is 30.7 Å². The molecule has 10 heteroatoms. The SMILES string of the molecule is CNCc1cc(S(=O)(=O)NCc2nn[nH]n2)cc(C)c1F. The molecule has 0 aliphatic carbocycles. The molecule has 114 valence electrons. The van der Waals surface area contributed by atoms with Gasteiger partial charge in [0.25, 0.3) is 0 Å². The van der Waals surface area contributed by atoms with Gasteiger partial charge in [-0.1, -0.05) is 5.21 Å². The van der Waals surface area contributed by atoms with Gasteiger partial charge >= 0.3 is 0 Å². The van der Waals surface area contributed by atoms with Gasteiger partial charge in [-0.3, -0.25) is 0 Å². The van der Waals surface area contributed by atoms with Crippen molar-refractivity contribution in [3.05, 3.63) is 34.9 Å². The van der Waals surface area contributed by atoms with Gasteiger partial charge in [-0.25, -0.2) is 17.5 Å². The van der Waals surface area contributed by atoms with E-state index in [0.29, 0.717) is 0 Å². The van der Waals surface area contributed by atoms with Crippen LogP contribution >= 0.6 is 0 Å². The summed E-state index contributed by atoms with van der Waals surface area (Å²) >= 11 is 0. The maximum atomic E-state index is 13.9. The topological polar surface area (TPSA) is 113 Å². The Labute approximate surface area is 121 Å². The molecule has 0 atom stereocenters. The second kappa shape index (κ2) is 6.24. The van der Waals surface area contributed by atoms with Gasteiger partial charge in [0.2, 0.25) is 10.0 Å². The van der Waals surface area contributed by atoms with Gasteiger partial charge in [-0.2, -0.15) is 5.21 Å². The Balaban J connectivity index is 2.27. The van der Waals surface area contributed by atoms with Gasteiger partial charge in [0.1, 0.15) is 5.82 Å². The van der Waals surface area contributed by atoms with E-state index in [9.17, 15) is 12.8 Å². The van der Waals surface area contributed by atoms with Crippen LogP contribution in [0.15, 0.2) is 17.0 Å². The molecule has 0 unspecified atom stereocenters. The van der Waals surface area contributed by atoms with E-state index in [1.807, 2.05) is 0 Å². The molecule has 1 heterocycles. The lowest BCUT2D eigenvalue weighted by Crippen LogP contribution is -2.24. The Hall–Kier alpha value is -1.91. The first-order valence-electron chi connectivity index (χ1n) is 6.09. The van der Waals surface area contributed by atoms with E-state index in [0.717, 1.165) is 0 Å². The standard InChI is InChI=1S/C11H15FN6O2S/c1-7-3-9(4-8(5-13-2)11(7)12)21(19,20)14-6-10-15-17-18-16-10/h3-4,13-14H,5-6H2,1-2H3,(H,15,16,17,18). The van der Waals surface area contributed by atoms with Gasteiger partial charge in [0, 0.05) is 12.1 Å². The number of aryl methyl sites for hydroxylation is 1. The first-order valence-corrected chi connectivity index (χ1v) is 7.58. The van der Waals surface area contributed by atoms with E-state index in [1.165, 1.54) is 19.1 Å². The molecule has 1 aromatic carbocycles. The zero-order chi connectivity index (χ0) is 15.5. The van der Waals surface area contributed by atoms with Crippen molar-refractivity contribution in [1.29, 1.82) is 0 Å². The summed E-state index contributed by atoms with van der Waals surface area (Å²) in [7, 11) is -2.13. The minimum Gasteiger partial charge on any atom is -0.316 e. The van der Waals surface area contributed by atoms with Crippen LogP contribution in [0.3, 0.4) is 0 Å². The first kappa shape index (κ1) is 15.5. The van der Waals surface area contributed by atoms with Crippen molar-refractivity contribution in [2.24, 2.45) is 0 Å². The lowest BCUT2D eigenvalue weighted by atomic mass is 10.1. The van der Waals surface area contributed by atoms with Crippen molar-refractivity contribution >= 4 is 10.0 Å². The number of H-pyrrole nitrogens is 1. The summed E-state index contributed by atoms with van der Waals surface area (Å²) in [5.41, 5.74) is 0.556. The van der Waals surface area contributed by atoms with Crippen LogP contribution < -0.4 is 10.0 Å². The Morgan fingerprint density at radius 2 is 2.10 bits per heavy atom. The van der Waals surface area contributed by atoms with Gasteiger partial charge in [0.05, 0.1) is 11.4 Å². The Morgan fingerprint density at radius 3 is 2.71 bits per heavy atom. The molecule has 21 heavy (non-hydrogen) atoms. The number of nitrogens with one attached hydrogen (secondary N) is 3. The molecule has 1 aromatic heterocycles. The average Bonchev–Trinajstić information content (AvgIpc) is 2.95. The minimum atomic E-state index is -3.78. The summed E-state index contributed by atoms with van der Waals surface area (Å²) in [4.78, 5) is -0.00450. The van der Waals surface area contributed by atoms with Crippen LogP contribution in [0.25, 0.3) is 0 Å². The monoisotopic (exact) mass is 314 g/mol. The molecule has 0 fully saturated rings. The number of hydrogen-bond acceptors (Lipinski definition) is 6. The van der Waals surface area contributed by atoms with E-state index in [4.69, 9.17) is 0 Å². The molecule has 0 saturated heterocycles. The number of tetrazole rings is 1. The highest BCUT2D eigenvalue weighted by Gasteiger charge is 2.18. The third-order valence-electron chi connectivity index (χ3n) is 2.79. The second-order valence-corrected chi connectivity index (χ2v) is 6.16. The third-order valence-corrected chi connectivity index (χ3v) is 4.17. The van der Waals surface area contributed by atoms with Crippen molar-refractivity contribution in [1.82, 2.24) is 30.7 Å². The fourth-order valence-corrected chi connectivity index (χ4v) is 2.90. The predicted molar refractivity (Wildman–Crippen MR) is 72.1 cm³/mol. The maximum absolute atomic E-state index is 13.9. The largest absolute Gasteiger partial charge is 0.316 e. The average molecular weight is 314 g/mol. The van der Waals surface area contributed by atoms with E-state index in [-0.39, 0.29) is 34.9 Å². The molecule has 0 radical (unpaired) electrons. The highest BCUT2D eigenvalue weighted by atomic mass is 32.2. The minimum absolute atomic E-state index is 0.00450. The van der Waals surface area contributed by atoms with E-state index in [1.54, 1.807) is 7.05 Å². The zero-order valence-corrected chi connectivity index (χ0v) is 12.3. The number of benzene rings is 1. The highest BCUT2D eigenvalue weighted by Crippen LogP contribution is 2.19. The summed E-state index contributed by atoms with van der Waals surface area (Å²) in [6.45, 7) is 1.66. The molecule has 0 spiro atoms. The van der Waals surface area contributed by atoms with Crippen molar-refractivity contribution in [3.8, 4) is 0 Å². The number of nitrogens with zero attached hydrogens (tertiary/aromatic N) is 3. The summed E-state index contributed by atoms with van der Waals surface area (Å²) in [6, 6.07) is 2.59. The fourth-order valence-electron chi connectivity index (χ4n) is 1.78. The van der Waals surface area contributed by atoms with Crippen molar-refractivity contribution < 1.29 is 12.8 Å². The maximum Gasteiger partial charge on any atom is 0.241 e. The molecular weight excluding hydrogens is 299 g/mol. The molecule has 0 aliphatic rings. The summed E-state index contributed by atoms with van der Waals surface area (Å²) in [5.74, 6) is -0.200. The van der Waals surface area contributed by atoms with Crippen LogP contribution in [-0.4, -0.2) is 36.1 Å². The molecule has 0 bridgehead atoms. The number of hydrogen-bond donors (Lipinski definition) is 3. The van der Waals surface area contributed by atoms with Crippen LogP contribution in [0.2, 0.25) is 0 Å². The smallest absolute Gasteiger partial charge is 0.241 e. The summed E-state index contributed by atoms with van der Waals surface area (Å²) in [6.07, 6.45) is 0. The molecule has 0 aliphatic heterocycles. The van der Waals surface area contributed by atoms with Crippen LogP contribution in [-0.2, 0) is 23.1 Å². The van der Waals surface area contributed by atoms with Gasteiger partial charge in [0.15, 0.2) is 5.82 Å². The summed E-state index contributed by atoms with van der Waals surface area (Å²) in [5, 5.41) is 15.6. The molecule has 0 saturated carbocycles. The second-order valence-electron chi connectivity index (χ2n) is 4.40. The van der Waals surface area contributed by atoms with Gasteiger partial charge in [-0.15, -0.1) is 10.2 Å². The zero-order valence-electron chi connectivity index (χ0n) is 11.5. The Bertz CT molecular complexity index is 717. The van der Waals surface area contributed by atoms with Crippen LogP contribution in [0, 0.1) is 12.7 Å². The molecule has 0 amide bonds. The van der Waals surface area contributed by atoms with Crippen LogP contribution in [0.4, 0.5) is 4.39 Å². The van der Waals surface area contributed by atoms with E-state index < -0.39 is 15.8 Å².